The van der Waals surface area contributed by atoms with E-state index in [1.807, 2.05) is 60.7 Å². The van der Waals surface area contributed by atoms with E-state index in [1.54, 1.807) is 0 Å². The molecule has 1 atom stereocenters. The van der Waals surface area contributed by atoms with Gasteiger partial charge in [-0.1, -0.05) is 60.7 Å². The Kier molecular flexibility index (Phi) is 6.13. The lowest BCUT2D eigenvalue weighted by Gasteiger charge is -2.19. The van der Waals surface area contributed by atoms with Gasteiger partial charge in [0, 0.05) is 13.7 Å². The van der Waals surface area contributed by atoms with Crippen LogP contribution in [0.3, 0.4) is 0 Å². The zero-order chi connectivity index (χ0) is 15.8. The normalized spacial score (nSPS) is 12.1. The summed E-state index contributed by atoms with van der Waals surface area (Å²) in [5.41, 5.74) is 1.85. The second-order valence-corrected chi connectivity index (χ2v) is 5.11. The van der Waals surface area contributed by atoms with Gasteiger partial charge in [-0.2, -0.15) is 0 Å². The number of hydrogen-bond donors (Lipinski definition) is 2. The van der Waals surface area contributed by atoms with Gasteiger partial charge in [-0.3, -0.25) is 4.79 Å². The van der Waals surface area contributed by atoms with Crippen LogP contribution in [0.15, 0.2) is 60.7 Å². The number of rotatable bonds is 7. The minimum Gasteiger partial charge on any atom is -0.389 e. The Labute approximate surface area is 130 Å². The molecule has 0 bridgehead atoms. The standard InChI is InChI=1S/C18H21NO3/c1-22-13-16(20)12-19-18(21)17(14-8-4-2-5-9-14)15-10-6-3-7-11-15/h2-11,16-17,20H,12-13H2,1H3,(H,19,21). The number of carbonyl (C=O) groups is 1. The molecule has 0 aliphatic carbocycles. The predicted molar refractivity (Wildman–Crippen MR) is 85.6 cm³/mol. The molecule has 0 heterocycles. The average molecular weight is 299 g/mol. The molecule has 0 radical (unpaired) electrons. The van der Waals surface area contributed by atoms with E-state index in [0.717, 1.165) is 11.1 Å². The summed E-state index contributed by atoms with van der Waals surface area (Å²) in [6, 6.07) is 19.2. The van der Waals surface area contributed by atoms with E-state index >= 15 is 0 Å². The van der Waals surface area contributed by atoms with Crippen LogP contribution in [0.1, 0.15) is 17.0 Å². The molecule has 1 unspecified atom stereocenters. The van der Waals surface area contributed by atoms with Gasteiger partial charge in [0.1, 0.15) is 0 Å². The first-order valence-electron chi connectivity index (χ1n) is 7.27. The van der Waals surface area contributed by atoms with Crippen LogP contribution in [-0.4, -0.2) is 37.4 Å². The van der Waals surface area contributed by atoms with Crippen molar-refractivity contribution in [3.05, 3.63) is 71.8 Å². The molecule has 4 heteroatoms. The van der Waals surface area contributed by atoms with Crippen molar-refractivity contribution in [3.8, 4) is 0 Å². The van der Waals surface area contributed by atoms with Crippen LogP contribution in [-0.2, 0) is 9.53 Å². The highest BCUT2D eigenvalue weighted by atomic mass is 16.5. The van der Waals surface area contributed by atoms with E-state index in [1.165, 1.54) is 7.11 Å². The van der Waals surface area contributed by atoms with Crippen LogP contribution in [0.25, 0.3) is 0 Å². The number of amides is 1. The molecule has 0 aromatic heterocycles. The fraction of sp³-hybridized carbons (Fsp3) is 0.278. The fourth-order valence-electron chi connectivity index (χ4n) is 2.36. The summed E-state index contributed by atoms with van der Waals surface area (Å²) in [6.07, 6.45) is -0.707. The summed E-state index contributed by atoms with van der Waals surface area (Å²) >= 11 is 0. The summed E-state index contributed by atoms with van der Waals surface area (Å²) < 4.78 is 4.86. The van der Waals surface area contributed by atoms with E-state index < -0.39 is 12.0 Å². The molecule has 22 heavy (non-hydrogen) atoms. The maximum absolute atomic E-state index is 12.6. The first kappa shape index (κ1) is 16.2. The monoisotopic (exact) mass is 299 g/mol. The molecule has 0 aliphatic heterocycles. The number of carbonyl (C=O) groups excluding carboxylic acids is 1. The van der Waals surface area contributed by atoms with Crippen LogP contribution < -0.4 is 5.32 Å². The van der Waals surface area contributed by atoms with E-state index in [0.29, 0.717) is 0 Å². The zero-order valence-corrected chi connectivity index (χ0v) is 12.6. The number of hydrogen-bond acceptors (Lipinski definition) is 3. The second kappa shape index (κ2) is 8.32. The summed E-state index contributed by atoms with van der Waals surface area (Å²) in [4.78, 5) is 12.6. The van der Waals surface area contributed by atoms with E-state index in [-0.39, 0.29) is 19.1 Å². The lowest BCUT2D eigenvalue weighted by atomic mass is 9.90. The van der Waals surface area contributed by atoms with Crippen LogP contribution in [0.2, 0.25) is 0 Å². The maximum atomic E-state index is 12.6. The van der Waals surface area contributed by atoms with Gasteiger partial charge >= 0.3 is 0 Å². The number of ether oxygens (including phenoxy) is 1. The van der Waals surface area contributed by atoms with Crippen molar-refractivity contribution >= 4 is 5.91 Å². The molecular formula is C18H21NO3. The number of benzene rings is 2. The summed E-state index contributed by atoms with van der Waals surface area (Å²) in [5, 5.41) is 12.5. The highest BCUT2D eigenvalue weighted by Crippen LogP contribution is 2.24. The molecular weight excluding hydrogens is 278 g/mol. The molecule has 2 rings (SSSR count). The molecule has 1 amide bonds. The Hall–Kier alpha value is -2.17. The van der Waals surface area contributed by atoms with Gasteiger partial charge in [-0.25, -0.2) is 0 Å². The molecule has 2 aromatic rings. The van der Waals surface area contributed by atoms with Crippen molar-refractivity contribution in [1.29, 1.82) is 0 Å². The Balaban J connectivity index is 2.17. The number of methoxy groups -OCH3 is 1. The minimum atomic E-state index is -0.707. The van der Waals surface area contributed by atoms with Crippen molar-refractivity contribution in [2.75, 3.05) is 20.3 Å². The minimum absolute atomic E-state index is 0.132. The molecule has 0 spiro atoms. The zero-order valence-electron chi connectivity index (χ0n) is 12.6. The van der Waals surface area contributed by atoms with Crippen molar-refractivity contribution in [3.63, 3.8) is 0 Å². The Morgan fingerprint density at radius 3 is 2.00 bits per heavy atom. The first-order valence-corrected chi connectivity index (χ1v) is 7.27. The lowest BCUT2D eigenvalue weighted by Crippen LogP contribution is -2.37. The van der Waals surface area contributed by atoms with Crippen molar-refractivity contribution in [2.45, 2.75) is 12.0 Å². The Morgan fingerprint density at radius 2 is 1.55 bits per heavy atom. The molecule has 0 saturated heterocycles. The molecule has 116 valence electrons. The number of aliphatic hydroxyl groups is 1. The van der Waals surface area contributed by atoms with Crippen LogP contribution >= 0.6 is 0 Å². The molecule has 0 saturated carbocycles. The van der Waals surface area contributed by atoms with Gasteiger partial charge in [-0.15, -0.1) is 0 Å². The first-order chi connectivity index (χ1) is 10.7. The Bertz CT molecular complexity index is 532. The third-order valence-corrected chi connectivity index (χ3v) is 3.40. The molecule has 2 aromatic carbocycles. The van der Waals surface area contributed by atoms with Gasteiger partial charge < -0.3 is 15.2 Å². The largest absolute Gasteiger partial charge is 0.389 e. The molecule has 4 nitrogen and oxygen atoms in total. The lowest BCUT2D eigenvalue weighted by molar-refractivity contribution is -0.122. The summed E-state index contributed by atoms with van der Waals surface area (Å²) in [7, 11) is 1.52. The fourth-order valence-corrected chi connectivity index (χ4v) is 2.36. The highest BCUT2D eigenvalue weighted by molar-refractivity contribution is 5.87. The van der Waals surface area contributed by atoms with Crippen LogP contribution in [0, 0.1) is 0 Å². The van der Waals surface area contributed by atoms with Crippen LogP contribution in [0.5, 0.6) is 0 Å². The van der Waals surface area contributed by atoms with Gasteiger partial charge in [0.25, 0.3) is 0 Å². The third-order valence-electron chi connectivity index (χ3n) is 3.40. The van der Waals surface area contributed by atoms with E-state index in [4.69, 9.17) is 4.74 Å². The third kappa shape index (κ3) is 4.41. The van der Waals surface area contributed by atoms with E-state index in [2.05, 4.69) is 5.32 Å². The summed E-state index contributed by atoms with van der Waals surface area (Å²) in [6.45, 7) is 0.366. The second-order valence-electron chi connectivity index (χ2n) is 5.11. The topological polar surface area (TPSA) is 58.6 Å². The van der Waals surface area contributed by atoms with Gasteiger partial charge in [0.2, 0.25) is 5.91 Å². The molecule has 0 fully saturated rings. The van der Waals surface area contributed by atoms with Crippen LogP contribution in [0.4, 0.5) is 0 Å². The van der Waals surface area contributed by atoms with Crippen molar-refractivity contribution in [2.24, 2.45) is 0 Å². The predicted octanol–water partition coefficient (Wildman–Crippen LogP) is 1.94. The molecule has 0 aliphatic rings. The molecule has 2 N–H and O–H groups in total. The number of aliphatic hydroxyl groups excluding tert-OH is 1. The summed E-state index contributed by atoms with van der Waals surface area (Å²) in [5.74, 6) is -0.523. The quantitative estimate of drug-likeness (QED) is 0.821. The maximum Gasteiger partial charge on any atom is 0.232 e. The number of nitrogens with one attached hydrogen (secondary N) is 1. The van der Waals surface area contributed by atoms with Gasteiger partial charge in [0.15, 0.2) is 0 Å². The van der Waals surface area contributed by atoms with Gasteiger partial charge in [-0.05, 0) is 11.1 Å². The van der Waals surface area contributed by atoms with Gasteiger partial charge in [0.05, 0.1) is 18.6 Å². The highest BCUT2D eigenvalue weighted by Gasteiger charge is 2.22. The smallest absolute Gasteiger partial charge is 0.232 e. The Morgan fingerprint density at radius 1 is 1.05 bits per heavy atom. The average Bonchev–Trinajstić information content (AvgIpc) is 2.55. The van der Waals surface area contributed by atoms with E-state index in [9.17, 15) is 9.90 Å². The van der Waals surface area contributed by atoms with Crippen molar-refractivity contribution < 1.29 is 14.6 Å². The van der Waals surface area contributed by atoms with Crippen molar-refractivity contribution in [1.82, 2.24) is 5.32 Å². The SMILES string of the molecule is COCC(O)CNC(=O)C(c1ccccc1)c1ccccc1.